The Balaban J connectivity index is 1.51. The smallest absolute Gasteiger partial charge is 0.337 e. The molecule has 2 unspecified atom stereocenters. The summed E-state index contributed by atoms with van der Waals surface area (Å²) >= 11 is 0. The lowest BCUT2D eigenvalue weighted by Gasteiger charge is -2.42. The first kappa shape index (κ1) is 16.3. The Morgan fingerprint density at radius 1 is 1.04 bits per heavy atom. The molecular formula is C22H25NO2. The van der Waals surface area contributed by atoms with Gasteiger partial charge in [0, 0.05) is 19.1 Å². The lowest BCUT2D eigenvalue weighted by molar-refractivity contribution is 0.0600. The number of hydrogen-bond acceptors (Lipinski definition) is 3. The van der Waals surface area contributed by atoms with Gasteiger partial charge in [-0.3, -0.25) is 4.90 Å². The molecule has 3 nitrogen and oxygen atoms in total. The van der Waals surface area contributed by atoms with Crippen LogP contribution in [0.1, 0.15) is 39.9 Å². The van der Waals surface area contributed by atoms with E-state index in [1.54, 1.807) is 5.56 Å². The monoisotopic (exact) mass is 335 g/mol. The lowest BCUT2D eigenvalue weighted by atomic mass is 9.80. The summed E-state index contributed by atoms with van der Waals surface area (Å²) < 4.78 is 4.78. The summed E-state index contributed by atoms with van der Waals surface area (Å²) in [4.78, 5) is 14.2. The zero-order chi connectivity index (χ0) is 17.2. The highest BCUT2D eigenvalue weighted by molar-refractivity contribution is 5.89. The molecule has 1 aliphatic carbocycles. The van der Waals surface area contributed by atoms with E-state index >= 15 is 0 Å². The minimum Gasteiger partial charge on any atom is -0.465 e. The molecule has 3 heteroatoms. The van der Waals surface area contributed by atoms with E-state index in [1.165, 1.54) is 44.0 Å². The third-order valence-electron chi connectivity index (χ3n) is 5.76. The van der Waals surface area contributed by atoms with E-state index in [2.05, 4.69) is 41.3 Å². The highest BCUT2D eigenvalue weighted by atomic mass is 16.5. The summed E-state index contributed by atoms with van der Waals surface area (Å²) in [6.45, 7) is 2.14. The fourth-order valence-corrected chi connectivity index (χ4v) is 4.39. The molecule has 2 heterocycles. The fourth-order valence-electron chi connectivity index (χ4n) is 4.39. The minimum atomic E-state index is -0.270. The molecule has 0 amide bonds. The van der Waals surface area contributed by atoms with Crippen molar-refractivity contribution < 1.29 is 9.53 Å². The second kappa shape index (κ2) is 7.01. The van der Waals surface area contributed by atoms with Crippen LogP contribution < -0.4 is 0 Å². The summed E-state index contributed by atoms with van der Waals surface area (Å²) in [5, 5.41) is 0. The van der Waals surface area contributed by atoms with Gasteiger partial charge in [-0.05, 0) is 60.4 Å². The number of methoxy groups -OCH3 is 1. The van der Waals surface area contributed by atoms with E-state index in [0.29, 0.717) is 11.6 Å². The highest BCUT2D eigenvalue weighted by Crippen LogP contribution is 2.33. The Labute approximate surface area is 149 Å². The quantitative estimate of drug-likeness (QED) is 0.798. The molecule has 0 spiro atoms. The van der Waals surface area contributed by atoms with Gasteiger partial charge in [0.1, 0.15) is 0 Å². The Morgan fingerprint density at radius 2 is 1.76 bits per heavy atom. The molecule has 0 radical (unpaired) electrons. The highest BCUT2D eigenvalue weighted by Gasteiger charge is 2.31. The molecule has 2 atom stereocenters. The molecule has 2 aromatic rings. The third kappa shape index (κ3) is 3.47. The number of carbonyl (C=O) groups excluding carboxylic acids is 1. The normalized spacial score (nSPS) is 22.8. The van der Waals surface area contributed by atoms with Crippen molar-refractivity contribution in [1.82, 2.24) is 4.90 Å². The topological polar surface area (TPSA) is 29.5 Å². The number of piperidine rings is 1. The molecule has 2 aliphatic heterocycles. The van der Waals surface area contributed by atoms with Gasteiger partial charge in [0.05, 0.1) is 12.7 Å². The van der Waals surface area contributed by atoms with Crippen molar-refractivity contribution in [2.75, 3.05) is 13.7 Å². The lowest BCUT2D eigenvalue weighted by Crippen LogP contribution is -2.46. The van der Waals surface area contributed by atoms with E-state index in [1.807, 2.05) is 12.1 Å². The first-order valence-corrected chi connectivity index (χ1v) is 9.21. The van der Waals surface area contributed by atoms with Crippen molar-refractivity contribution in [3.05, 3.63) is 70.8 Å². The molecule has 0 aromatic heterocycles. The number of esters is 1. The Bertz CT molecular complexity index is 753. The number of nitrogens with zero attached hydrogens (tertiary/aromatic N) is 1. The SMILES string of the molecule is COC(=O)c1ccc(CN2CC3CCC2Cc2ccccc2C3)cc1. The molecule has 130 valence electrons. The van der Waals surface area contributed by atoms with Gasteiger partial charge in [-0.15, -0.1) is 0 Å². The molecule has 5 rings (SSSR count). The van der Waals surface area contributed by atoms with Crippen LogP contribution in [0.3, 0.4) is 0 Å². The van der Waals surface area contributed by atoms with Crippen molar-refractivity contribution >= 4 is 5.97 Å². The summed E-state index contributed by atoms with van der Waals surface area (Å²) in [6.07, 6.45) is 5.00. The van der Waals surface area contributed by atoms with Crippen LogP contribution in [0.15, 0.2) is 48.5 Å². The summed E-state index contributed by atoms with van der Waals surface area (Å²) in [5.74, 6) is 0.487. The van der Waals surface area contributed by atoms with Crippen LogP contribution in [0, 0.1) is 5.92 Å². The maximum Gasteiger partial charge on any atom is 0.337 e. The Kier molecular flexibility index (Phi) is 4.58. The van der Waals surface area contributed by atoms with Crippen LogP contribution >= 0.6 is 0 Å². The summed E-state index contributed by atoms with van der Waals surface area (Å²) in [7, 11) is 1.42. The molecule has 2 bridgehead atoms. The van der Waals surface area contributed by atoms with Crippen molar-refractivity contribution in [2.45, 2.75) is 38.3 Å². The summed E-state index contributed by atoms with van der Waals surface area (Å²) in [5.41, 5.74) is 4.98. The number of benzene rings is 2. The summed E-state index contributed by atoms with van der Waals surface area (Å²) in [6, 6.07) is 17.5. The van der Waals surface area contributed by atoms with E-state index in [9.17, 15) is 4.79 Å². The van der Waals surface area contributed by atoms with Crippen LogP contribution in [-0.2, 0) is 24.1 Å². The van der Waals surface area contributed by atoms with Crippen LogP contribution in [0.4, 0.5) is 0 Å². The van der Waals surface area contributed by atoms with Crippen molar-refractivity contribution in [3.63, 3.8) is 0 Å². The number of ether oxygens (including phenoxy) is 1. The maximum absolute atomic E-state index is 11.6. The van der Waals surface area contributed by atoms with Crippen LogP contribution in [0.2, 0.25) is 0 Å². The van der Waals surface area contributed by atoms with Gasteiger partial charge in [-0.25, -0.2) is 4.79 Å². The van der Waals surface area contributed by atoms with Gasteiger partial charge >= 0.3 is 5.97 Å². The van der Waals surface area contributed by atoms with E-state index in [0.717, 1.165) is 18.9 Å². The molecule has 0 saturated carbocycles. The maximum atomic E-state index is 11.6. The second-order valence-corrected chi connectivity index (χ2v) is 7.39. The van der Waals surface area contributed by atoms with Crippen molar-refractivity contribution in [1.29, 1.82) is 0 Å². The fraction of sp³-hybridized carbons (Fsp3) is 0.409. The van der Waals surface area contributed by atoms with Gasteiger partial charge in [-0.1, -0.05) is 36.4 Å². The van der Waals surface area contributed by atoms with Crippen LogP contribution in [0.25, 0.3) is 0 Å². The number of rotatable bonds is 3. The Morgan fingerprint density at radius 3 is 2.48 bits per heavy atom. The molecule has 1 fully saturated rings. The zero-order valence-corrected chi connectivity index (χ0v) is 14.8. The van der Waals surface area contributed by atoms with E-state index < -0.39 is 0 Å². The van der Waals surface area contributed by atoms with Gasteiger partial charge in [-0.2, -0.15) is 0 Å². The predicted molar refractivity (Wildman–Crippen MR) is 98.6 cm³/mol. The van der Waals surface area contributed by atoms with Crippen LogP contribution in [-0.4, -0.2) is 30.6 Å². The van der Waals surface area contributed by atoms with Crippen LogP contribution in [0.5, 0.6) is 0 Å². The molecule has 2 aromatic carbocycles. The third-order valence-corrected chi connectivity index (χ3v) is 5.76. The first-order chi connectivity index (χ1) is 12.2. The zero-order valence-electron chi connectivity index (χ0n) is 14.8. The average Bonchev–Trinajstić information content (AvgIpc) is 2.62. The molecule has 0 N–H and O–H groups in total. The molecule has 25 heavy (non-hydrogen) atoms. The van der Waals surface area contributed by atoms with E-state index in [4.69, 9.17) is 4.74 Å². The predicted octanol–water partition coefficient (Wildman–Crippen LogP) is 3.85. The number of fused-ring (bicyclic) bond motifs is 2. The second-order valence-electron chi connectivity index (χ2n) is 7.39. The van der Waals surface area contributed by atoms with Gasteiger partial charge < -0.3 is 4.74 Å². The van der Waals surface area contributed by atoms with Gasteiger partial charge in [0.15, 0.2) is 0 Å². The number of hydrogen-bond donors (Lipinski definition) is 0. The van der Waals surface area contributed by atoms with E-state index in [-0.39, 0.29) is 5.97 Å². The largest absolute Gasteiger partial charge is 0.465 e. The van der Waals surface area contributed by atoms with Crippen molar-refractivity contribution in [2.24, 2.45) is 5.92 Å². The first-order valence-electron chi connectivity index (χ1n) is 9.21. The van der Waals surface area contributed by atoms with Crippen molar-refractivity contribution in [3.8, 4) is 0 Å². The van der Waals surface area contributed by atoms with Gasteiger partial charge in [0.2, 0.25) is 0 Å². The number of carbonyl (C=O) groups is 1. The average molecular weight is 335 g/mol. The van der Waals surface area contributed by atoms with Gasteiger partial charge in [0.25, 0.3) is 0 Å². The molecule has 1 saturated heterocycles. The Hall–Kier alpha value is -2.13. The molecular weight excluding hydrogens is 310 g/mol. The standard InChI is InChI=1S/C22H25NO2/c1-25-22(24)18-9-6-16(7-10-18)14-23-15-17-8-11-21(23)13-20-5-3-2-4-19(20)12-17/h2-7,9-10,17,21H,8,11-15H2,1H3. The minimum absolute atomic E-state index is 0.270. The molecule has 3 aliphatic rings.